The fourth-order valence-corrected chi connectivity index (χ4v) is 1.77. The van der Waals surface area contributed by atoms with Crippen molar-refractivity contribution in [3.05, 3.63) is 39.9 Å². The normalized spacial score (nSPS) is 9.95. The van der Waals surface area contributed by atoms with Crippen molar-refractivity contribution in [2.75, 3.05) is 5.73 Å². The highest BCUT2D eigenvalue weighted by atomic mass is 16.6. The maximum atomic E-state index is 11.1. The predicted molar refractivity (Wildman–Crippen MR) is 69.7 cm³/mol. The molecule has 0 aliphatic carbocycles. The Morgan fingerprint density at radius 3 is 2.90 bits per heavy atom. The third-order valence-corrected chi connectivity index (χ3v) is 2.70. The van der Waals surface area contributed by atoms with Gasteiger partial charge in [0.15, 0.2) is 6.29 Å². The molecule has 0 amide bonds. The van der Waals surface area contributed by atoms with E-state index in [0.717, 1.165) is 0 Å². The number of rotatable bonds is 4. The summed E-state index contributed by atoms with van der Waals surface area (Å²) >= 11 is 0. The van der Waals surface area contributed by atoms with Crippen LogP contribution in [0.4, 0.5) is 11.5 Å². The van der Waals surface area contributed by atoms with Gasteiger partial charge in [0.05, 0.1) is 16.6 Å². The number of aldehydes is 1. The number of nitro groups is 1. The summed E-state index contributed by atoms with van der Waals surface area (Å²) in [6.07, 6.45) is 0.518. The van der Waals surface area contributed by atoms with E-state index in [4.69, 9.17) is 11.0 Å². The van der Waals surface area contributed by atoms with Gasteiger partial charge in [-0.1, -0.05) is 12.1 Å². The lowest BCUT2D eigenvalue weighted by molar-refractivity contribution is -0.384. The van der Waals surface area contributed by atoms with Crippen LogP contribution in [-0.4, -0.2) is 21.0 Å². The number of benzene rings is 1. The number of non-ortho nitro benzene ring substituents is 1. The molecule has 8 nitrogen and oxygen atoms in total. The van der Waals surface area contributed by atoms with Crippen molar-refractivity contribution >= 4 is 17.8 Å². The second-order valence-corrected chi connectivity index (χ2v) is 3.89. The van der Waals surface area contributed by atoms with Crippen LogP contribution in [-0.2, 0) is 6.54 Å². The molecule has 1 aromatic carbocycles. The van der Waals surface area contributed by atoms with Crippen molar-refractivity contribution in [1.82, 2.24) is 9.78 Å². The van der Waals surface area contributed by atoms with E-state index in [1.807, 2.05) is 6.07 Å². The Balaban J connectivity index is 2.60. The lowest BCUT2D eigenvalue weighted by Gasteiger charge is -1.98. The molecule has 0 radical (unpaired) electrons. The lowest BCUT2D eigenvalue weighted by Crippen LogP contribution is -2.03. The number of nitro benzene ring substituents is 1. The number of nitriles is 1. The van der Waals surface area contributed by atoms with Crippen molar-refractivity contribution in [3.63, 3.8) is 0 Å². The van der Waals surface area contributed by atoms with Crippen molar-refractivity contribution in [2.45, 2.75) is 6.54 Å². The molecule has 100 valence electrons. The van der Waals surface area contributed by atoms with Gasteiger partial charge in [0, 0.05) is 17.7 Å². The zero-order valence-corrected chi connectivity index (χ0v) is 10.2. The van der Waals surface area contributed by atoms with Crippen LogP contribution in [0.15, 0.2) is 24.3 Å². The first-order valence-corrected chi connectivity index (χ1v) is 5.51. The third-order valence-electron chi connectivity index (χ3n) is 2.70. The highest BCUT2D eigenvalue weighted by molar-refractivity contribution is 5.91. The van der Waals surface area contributed by atoms with Crippen molar-refractivity contribution < 1.29 is 9.72 Å². The fourth-order valence-electron chi connectivity index (χ4n) is 1.77. The molecule has 1 heterocycles. The second kappa shape index (κ2) is 5.19. The molecule has 0 saturated carbocycles. The average Bonchev–Trinajstić information content (AvgIpc) is 2.76. The van der Waals surface area contributed by atoms with Gasteiger partial charge >= 0.3 is 0 Å². The van der Waals surface area contributed by atoms with Gasteiger partial charge in [-0.2, -0.15) is 10.4 Å². The first kappa shape index (κ1) is 13.2. The van der Waals surface area contributed by atoms with Crippen LogP contribution in [0.25, 0.3) is 11.3 Å². The Morgan fingerprint density at radius 2 is 2.30 bits per heavy atom. The number of aromatic nitrogens is 2. The van der Waals surface area contributed by atoms with Crippen LogP contribution in [0.1, 0.15) is 10.4 Å². The number of hydrogen-bond acceptors (Lipinski definition) is 6. The Labute approximate surface area is 113 Å². The fraction of sp³-hybridized carbons (Fsp3) is 0.0833. The molecular weight excluding hydrogens is 262 g/mol. The summed E-state index contributed by atoms with van der Waals surface area (Å²) in [6.45, 7) is -0.110. The first-order chi connectivity index (χ1) is 9.58. The van der Waals surface area contributed by atoms with Gasteiger partial charge in [-0.05, 0) is 0 Å². The van der Waals surface area contributed by atoms with Gasteiger partial charge in [-0.3, -0.25) is 14.9 Å². The molecule has 0 bridgehead atoms. The Kier molecular flexibility index (Phi) is 3.43. The molecule has 0 unspecified atom stereocenters. The molecule has 8 heteroatoms. The number of carbonyl (C=O) groups is 1. The summed E-state index contributed by atoms with van der Waals surface area (Å²) in [5.74, 6) is 0.0584. The zero-order chi connectivity index (χ0) is 14.7. The van der Waals surface area contributed by atoms with Crippen molar-refractivity contribution in [1.29, 1.82) is 5.26 Å². The van der Waals surface area contributed by atoms with Gasteiger partial charge in [0.2, 0.25) is 0 Å². The van der Waals surface area contributed by atoms with E-state index in [0.29, 0.717) is 11.8 Å². The van der Waals surface area contributed by atoms with Crippen LogP contribution in [0.5, 0.6) is 0 Å². The molecule has 2 aromatic rings. The number of nitrogen functional groups attached to an aromatic ring is 1. The summed E-state index contributed by atoms with van der Waals surface area (Å²) in [4.78, 5) is 21.3. The molecule has 0 spiro atoms. The van der Waals surface area contributed by atoms with Gasteiger partial charge < -0.3 is 5.73 Å². The van der Waals surface area contributed by atoms with Crippen molar-refractivity contribution in [3.8, 4) is 17.3 Å². The lowest BCUT2D eigenvalue weighted by atomic mass is 10.1. The molecule has 1 aromatic heterocycles. The smallest absolute Gasteiger partial charge is 0.270 e. The van der Waals surface area contributed by atoms with Crippen molar-refractivity contribution in [2.24, 2.45) is 0 Å². The maximum Gasteiger partial charge on any atom is 0.270 e. The molecule has 0 fully saturated rings. The van der Waals surface area contributed by atoms with Gasteiger partial charge in [-0.25, -0.2) is 4.68 Å². The molecule has 0 aliphatic heterocycles. The van der Waals surface area contributed by atoms with Crippen LogP contribution < -0.4 is 5.73 Å². The quantitative estimate of drug-likeness (QED) is 0.508. The predicted octanol–water partition coefficient (Wildman–Crippen LogP) is 1.38. The first-order valence-electron chi connectivity index (χ1n) is 5.51. The summed E-state index contributed by atoms with van der Waals surface area (Å²) in [5, 5.41) is 23.5. The number of hydrogen-bond donors (Lipinski definition) is 1. The number of nitrogens with zero attached hydrogens (tertiary/aromatic N) is 4. The highest BCUT2D eigenvalue weighted by Gasteiger charge is 2.18. The molecular formula is C12H9N5O3. The van der Waals surface area contributed by atoms with E-state index >= 15 is 0 Å². The third kappa shape index (κ3) is 2.20. The topological polar surface area (TPSA) is 128 Å². The molecule has 20 heavy (non-hydrogen) atoms. The SMILES string of the molecule is N#CCn1nc(-c2cccc([N+](=O)[O-])c2)c(C=O)c1N. The minimum Gasteiger partial charge on any atom is -0.383 e. The largest absolute Gasteiger partial charge is 0.383 e. The number of anilines is 1. The number of nitrogens with two attached hydrogens (primary N) is 1. The standard InChI is InChI=1S/C12H9N5O3/c13-4-5-16-12(14)10(7-18)11(15-16)8-2-1-3-9(6-8)17(19)20/h1-3,6-7H,5,14H2. The van der Waals surface area contributed by atoms with Gasteiger partial charge in [0.1, 0.15) is 18.1 Å². The van der Waals surface area contributed by atoms with E-state index in [2.05, 4.69) is 5.10 Å². The molecule has 0 atom stereocenters. The minimum atomic E-state index is -0.542. The van der Waals surface area contributed by atoms with E-state index in [-0.39, 0.29) is 29.3 Å². The molecule has 0 saturated heterocycles. The van der Waals surface area contributed by atoms with Crippen LogP contribution in [0, 0.1) is 21.4 Å². The average molecular weight is 271 g/mol. The van der Waals surface area contributed by atoms with Crippen LogP contribution in [0.3, 0.4) is 0 Å². The Morgan fingerprint density at radius 1 is 1.55 bits per heavy atom. The van der Waals surface area contributed by atoms with E-state index in [1.54, 1.807) is 6.07 Å². The van der Waals surface area contributed by atoms with Gasteiger partial charge in [-0.15, -0.1) is 0 Å². The highest BCUT2D eigenvalue weighted by Crippen LogP contribution is 2.28. The Hall–Kier alpha value is -3.21. The monoisotopic (exact) mass is 271 g/mol. The Bertz CT molecular complexity index is 729. The summed E-state index contributed by atoms with van der Waals surface area (Å²) in [5.41, 5.74) is 6.33. The van der Waals surface area contributed by atoms with Crippen LogP contribution >= 0.6 is 0 Å². The summed E-state index contributed by atoms with van der Waals surface area (Å²) in [7, 11) is 0. The second-order valence-electron chi connectivity index (χ2n) is 3.89. The van der Waals surface area contributed by atoms with Crippen LogP contribution in [0.2, 0.25) is 0 Å². The number of carbonyl (C=O) groups excluding carboxylic acids is 1. The zero-order valence-electron chi connectivity index (χ0n) is 10.2. The van der Waals surface area contributed by atoms with E-state index < -0.39 is 4.92 Å². The van der Waals surface area contributed by atoms with E-state index in [9.17, 15) is 14.9 Å². The summed E-state index contributed by atoms with van der Waals surface area (Å²) < 4.78 is 1.18. The maximum absolute atomic E-state index is 11.1. The summed E-state index contributed by atoms with van der Waals surface area (Å²) in [6, 6.07) is 7.57. The molecule has 0 aliphatic rings. The minimum absolute atomic E-state index is 0.0584. The molecule has 2 N–H and O–H groups in total. The van der Waals surface area contributed by atoms with E-state index in [1.165, 1.54) is 22.9 Å². The van der Waals surface area contributed by atoms with Gasteiger partial charge in [0.25, 0.3) is 5.69 Å². The molecule has 2 rings (SSSR count).